The Morgan fingerprint density at radius 1 is 1.50 bits per heavy atom. The van der Waals surface area contributed by atoms with Crippen LogP contribution >= 0.6 is 0 Å². The van der Waals surface area contributed by atoms with Crippen molar-refractivity contribution in [2.45, 2.75) is 24.6 Å². The molecule has 2 radical (unpaired) electrons. The fraction of sp³-hybridized carbons (Fsp3) is 1.00. The summed E-state index contributed by atoms with van der Waals surface area (Å²) in [6.07, 6.45) is -0.440. The second-order valence-corrected chi connectivity index (χ2v) is 3.05. The van der Waals surface area contributed by atoms with Crippen LogP contribution in [0, 0.1) is 5.92 Å². The lowest BCUT2D eigenvalue weighted by molar-refractivity contribution is 0.0232. The SMILES string of the molecule is [B]C1OC(CO)C(CCN)C1O. The molecule has 4 N–H and O–H groups in total. The summed E-state index contributed by atoms with van der Waals surface area (Å²) in [7, 11) is 5.44. The standard InChI is InChI=1S/C7H14BNO3/c8-7-6(11)4(1-2-9)5(3-10)12-7/h4-7,10-11H,1-3,9H2. The summed E-state index contributed by atoms with van der Waals surface area (Å²) in [6.45, 7) is 0.351. The third kappa shape index (κ3) is 1.80. The molecular formula is C7H14BNO3. The maximum Gasteiger partial charge on any atom is 0.112 e. The molecule has 1 fully saturated rings. The van der Waals surface area contributed by atoms with E-state index >= 15 is 0 Å². The molecule has 1 rings (SSSR count). The van der Waals surface area contributed by atoms with Crippen LogP contribution in [-0.4, -0.2) is 49.4 Å². The Hall–Kier alpha value is -0.0951. The number of nitrogens with two attached hydrogens (primary N) is 1. The highest BCUT2D eigenvalue weighted by molar-refractivity contribution is 6.11. The molecule has 0 bridgehead atoms. The molecule has 0 amide bonds. The molecule has 68 valence electrons. The molecule has 0 aromatic carbocycles. The lowest BCUT2D eigenvalue weighted by Crippen LogP contribution is -2.30. The van der Waals surface area contributed by atoms with Crippen LogP contribution in [-0.2, 0) is 4.74 Å². The van der Waals surface area contributed by atoms with Gasteiger partial charge in [0.15, 0.2) is 0 Å². The van der Waals surface area contributed by atoms with Crippen LogP contribution in [0.5, 0.6) is 0 Å². The van der Waals surface area contributed by atoms with E-state index in [0.717, 1.165) is 0 Å². The van der Waals surface area contributed by atoms with Gasteiger partial charge >= 0.3 is 0 Å². The zero-order chi connectivity index (χ0) is 9.14. The first-order chi connectivity index (χ1) is 5.70. The molecular weight excluding hydrogens is 157 g/mol. The summed E-state index contributed by atoms with van der Waals surface area (Å²) >= 11 is 0. The fourth-order valence-corrected chi connectivity index (χ4v) is 1.57. The number of hydrogen-bond acceptors (Lipinski definition) is 4. The minimum absolute atomic E-state index is 0.116. The molecule has 12 heavy (non-hydrogen) atoms. The van der Waals surface area contributed by atoms with Crippen molar-refractivity contribution in [2.24, 2.45) is 11.7 Å². The monoisotopic (exact) mass is 171 g/mol. The molecule has 1 aliphatic heterocycles. The van der Waals surface area contributed by atoms with E-state index in [4.69, 9.17) is 23.4 Å². The molecule has 1 saturated heterocycles. The minimum atomic E-state index is -0.703. The number of aliphatic hydroxyl groups excluding tert-OH is 2. The Kier molecular flexibility index (Phi) is 3.52. The Morgan fingerprint density at radius 3 is 2.67 bits per heavy atom. The topological polar surface area (TPSA) is 75.7 Å². The van der Waals surface area contributed by atoms with Gasteiger partial charge in [-0.05, 0) is 13.0 Å². The molecule has 0 aromatic rings. The summed E-state index contributed by atoms with van der Waals surface area (Å²) in [5, 5.41) is 18.3. The average molecular weight is 171 g/mol. The summed E-state index contributed by atoms with van der Waals surface area (Å²) in [5.41, 5.74) is 5.34. The van der Waals surface area contributed by atoms with Crippen LogP contribution in [0.2, 0.25) is 0 Å². The summed E-state index contributed by atoms with van der Waals surface area (Å²) in [5.74, 6) is -0.130. The number of hydrogen-bond donors (Lipinski definition) is 3. The fourth-order valence-electron chi connectivity index (χ4n) is 1.57. The van der Waals surface area contributed by atoms with Crippen LogP contribution in [0.4, 0.5) is 0 Å². The largest absolute Gasteiger partial charge is 0.394 e. The van der Waals surface area contributed by atoms with Crippen molar-refractivity contribution in [3.8, 4) is 0 Å². The highest BCUT2D eigenvalue weighted by Crippen LogP contribution is 2.27. The number of ether oxygens (including phenoxy) is 1. The van der Waals surface area contributed by atoms with Gasteiger partial charge in [0.25, 0.3) is 0 Å². The van der Waals surface area contributed by atoms with Crippen molar-refractivity contribution in [3.63, 3.8) is 0 Å². The van der Waals surface area contributed by atoms with Gasteiger partial charge in [0.05, 0.1) is 18.8 Å². The molecule has 4 nitrogen and oxygen atoms in total. The first kappa shape index (κ1) is 9.99. The van der Waals surface area contributed by atoms with Crippen molar-refractivity contribution in [1.29, 1.82) is 0 Å². The molecule has 1 heterocycles. The third-order valence-corrected chi connectivity index (χ3v) is 2.26. The van der Waals surface area contributed by atoms with Crippen LogP contribution in [0.15, 0.2) is 0 Å². The highest BCUT2D eigenvalue weighted by atomic mass is 16.5. The lowest BCUT2D eigenvalue weighted by atomic mass is 9.86. The van der Waals surface area contributed by atoms with Gasteiger partial charge in [0, 0.05) is 11.9 Å². The number of aliphatic hydroxyl groups is 2. The molecule has 0 aliphatic carbocycles. The summed E-state index contributed by atoms with van der Waals surface area (Å²) in [4.78, 5) is 0. The van der Waals surface area contributed by atoms with Crippen molar-refractivity contribution in [1.82, 2.24) is 0 Å². The van der Waals surface area contributed by atoms with Gasteiger partial charge in [0.2, 0.25) is 0 Å². The van der Waals surface area contributed by atoms with E-state index in [1.54, 1.807) is 0 Å². The normalized spacial score (nSPS) is 41.9. The number of rotatable bonds is 3. The Labute approximate surface area is 73.1 Å². The van der Waals surface area contributed by atoms with Crippen LogP contribution in [0.3, 0.4) is 0 Å². The van der Waals surface area contributed by atoms with Gasteiger partial charge < -0.3 is 20.7 Å². The molecule has 0 spiro atoms. The second kappa shape index (κ2) is 4.23. The van der Waals surface area contributed by atoms with E-state index in [2.05, 4.69) is 0 Å². The van der Waals surface area contributed by atoms with E-state index in [1.807, 2.05) is 0 Å². The van der Waals surface area contributed by atoms with Crippen LogP contribution < -0.4 is 5.73 Å². The maximum absolute atomic E-state index is 9.47. The quantitative estimate of drug-likeness (QED) is 0.438. The zero-order valence-electron chi connectivity index (χ0n) is 6.89. The van der Waals surface area contributed by atoms with Gasteiger partial charge in [-0.15, -0.1) is 0 Å². The first-order valence-electron chi connectivity index (χ1n) is 4.10. The van der Waals surface area contributed by atoms with Gasteiger partial charge in [-0.3, -0.25) is 0 Å². The molecule has 4 atom stereocenters. The molecule has 5 heteroatoms. The smallest absolute Gasteiger partial charge is 0.112 e. The molecule has 1 aliphatic rings. The average Bonchev–Trinajstić information content (AvgIpc) is 2.33. The van der Waals surface area contributed by atoms with E-state index in [0.29, 0.717) is 13.0 Å². The predicted molar refractivity (Wildman–Crippen MR) is 44.7 cm³/mol. The van der Waals surface area contributed by atoms with E-state index in [1.165, 1.54) is 0 Å². The van der Waals surface area contributed by atoms with E-state index in [-0.39, 0.29) is 18.6 Å². The summed E-state index contributed by atoms with van der Waals surface area (Å²) < 4.78 is 5.11. The molecule has 0 saturated carbocycles. The van der Waals surface area contributed by atoms with Crippen LogP contribution in [0.25, 0.3) is 0 Å². The third-order valence-electron chi connectivity index (χ3n) is 2.26. The van der Waals surface area contributed by atoms with Gasteiger partial charge in [-0.2, -0.15) is 0 Å². The van der Waals surface area contributed by atoms with Gasteiger partial charge in [-0.25, -0.2) is 0 Å². The van der Waals surface area contributed by atoms with Crippen molar-refractivity contribution in [2.75, 3.05) is 13.2 Å². The first-order valence-corrected chi connectivity index (χ1v) is 4.10. The Bertz CT molecular complexity index is 147. The van der Waals surface area contributed by atoms with Gasteiger partial charge in [0.1, 0.15) is 7.85 Å². The van der Waals surface area contributed by atoms with Crippen molar-refractivity contribution >= 4 is 7.85 Å². The van der Waals surface area contributed by atoms with Gasteiger partial charge in [-0.1, -0.05) is 0 Å². The van der Waals surface area contributed by atoms with E-state index < -0.39 is 12.1 Å². The lowest BCUT2D eigenvalue weighted by Gasteiger charge is -2.17. The summed E-state index contributed by atoms with van der Waals surface area (Å²) in [6, 6.07) is -0.682. The highest BCUT2D eigenvalue weighted by Gasteiger charge is 2.39. The van der Waals surface area contributed by atoms with Crippen molar-refractivity contribution < 1.29 is 14.9 Å². The Morgan fingerprint density at radius 2 is 2.17 bits per heavy atom. The Balaban J connectivity index is 2.53. The maximum atomic E-state index is 9.47. The predicted octanol–water partition coefficient (Wildman–Crippen LogP) is -1.80. The molecule has 4 unspecified atom stereocenters. The zero-order valence-corrected chi connectivity index (χ0v) is 6.89. The van der Waals surface area contributed by atoms with E-state index in [9.17, 15) is 5.11 Å². The molecule has 0 aromatic heterocycles. The minimum Gasteiger partial charge on any atom is -0.394 e. The second-order valence-electron chi connectivity index (χ2n) is 3.05. The van der Waals surface area contributed by atoms with Crippen molar-refractivity contribution in [3.05, 3.63) is 0 Å². The van der Waals surface area contributed by atoms with Crippen LogP contribution in [0.1, 0.15) is 6.42 Å².